The fourth-order valence-corrected chi connectivity index (χ4v) is 2.57. The molecule has 1 aromatic carbocycles. The van der Waals surface area contributed by atoms with Crippen LogP contribution in [0, 0.1) is 0 Å². The Labute approximate surface area is 139 Å². The van der Waals surface area contributed by atoms with E-state index in [1.807, 2.05) is 6.92 Å². The molecule has 2 aromatic rings. The van der Waals surface area contributed by atoms with Crippen molar-refractivity contribution in [2.24, 2.45) is 0 Å². The van der Waals surface area contributed by atoms with Crippen LogP contribution >= 0.6 is 0 Å². The second kappa shape index (κ2) is 7.08. The van der Waals surface area contributed by atoms with Gasteiger partial charge in [-0.2, -0.15) is 0 Å². The maximum Gasteiger partial charge on any atom is 0.251 e. The molecule has 2 atom stereocenters. The van der Waals surface area contributed by atoms with E-state index >= 15 is 0 Å². The van der Waals surface area contributed by atoms with Crippen molar-refractivity contribution in [1.82, 2.24) is 20.6 Å². The van der Waals surface area contributed by atoms with Gasteiger partial charge in [0.05, 0.1) is 6.20 Å². The third kappa shape index (κ3) is 3.87. The number of aromatic nitrogens is 2. The summed E-state index contributed by atoms with van der Waals surface area (Å²) in [5.41, 5.74) is 0.487. The normalized spacial score (nSPS) is 20.1. The number of amides is 2. The predicted octanol–water partition coefficient (Wildman–Crippen LogP) is 1.67. The van der Waals surface area contributed by atoms with E-state index in [4.69, 9.17) is 4.74 Å². The van der Waals surface area contributed by atoms with E-state index in [0.717, 1.165) is 0 Å². The fraction of sp³-hybridized carbons (Fsp3) is 0.294. The number of hydrogen-bond acceptors (Lipinski definition) is 5. The summed E-state index contributed by atoms with van der Waals surface area (Å²) in [6.45, 7) is 1.88. The van der Waals surface area contributed by atoms with Gasteiger partial charge >= 0.3 is 0 Å². The summed E-state index contributed by atoms with van der Waals surface area (Å²) >= 11 is 0. The number of carbonyl (C=O) groups excluding carboxylic acids is 2. The molecule has 0 aliphatic carbocycles. The highest BCUT2D eigenvalue weighted by molar-refractivity contribution is 5.95. The largest absolute Gasteiger partial charge is 0.437 e. The van der Waals surface area contributed by atoms with E-state index in [-0.39, 0.29) is 23.9 Å². The molecule has 1 aliphatic rings. The van der Waals surface area contributed by atoms with Crippen molar-refractivity contribution in [3.05, 3.63) is 48.4 Å². The first-order chi connectivity index (χ1) is 11.6. The van der Waals surface area contributed by atoms with E-state index in [1.54, 1.807) is 30.5 Å². The number of rotatable bonds is 4. The van der Waals surface area contributed by atoms with Crippen LogP contribution in [0.15, 0.2) is 42.9 Å². The summed E-state index contributed by atoms with van der Waals surface area (Å²) in [5.74, 6) is 0.687. The van der Waals surface area contributed by atoms with Crippen LogP contribution in [-0.2, 0) is 4.79 Å². The Kier molecular flexibility index (Phi) is 4.69. The van der Waals surface area contributed by atoms with Crippen LogP contribution in [0.1, 0.15) is 30.1 Å². The van der Waals surface area contributed by atoms with E-state index in [9.17, 15) is 9.59 Å². The van der Waals surface area contributed by atoms with Crippen molar-refractivity contribution in [1.29, 1.82) is 0 Å². The van der Waals surface area contributed by atoms with Crippen molar-refractivity contribution in [2.75, 3.05) is 0 Å². The summed E-state index contributed by atoms with van der Waals surface area (Å²) < 4.78 is 5.58. The standard InChI is InChI=1S/C17H18N4O3/c1-11-14(5-6-15(22)20-11)21-17(23)12-3-2-4-13(9-12)24-16-10-18-7-8-19-16/h2-4,7-11,14H,5-6H2,1H3,(H,20,22)(H,21,23). The van der Waals surface area contributed by atoms with Crippen LogP contribution < -0.4 is 15.4 Å². The molecule has 0 saturated carbocycles. The molecule has 1 aliphatic heterocycles. The average molecular weight is 326 g/mol. The first kappa shape index (κ1) is 15.9. The van der Waals surface area contributed by atoms with Crippen molar-refractivity contribution < 1.29 is 14.3 Å². The SMILES string of the molecule is CC1NC(=O)CCC1NC(=O)c1cccc(Oc2cnccn2)c1. The maximum absolute atomic E-state index is 12.4. The van der Waals surface area contributed by atoms with E-state index in [1.165, 1.54) is 12.4 Å². The summed E-state index contributed by atoms with van der Waals surface area (Å²) in [6, 6.07) is 6.68. The van der Waals surface area contributed by atoms with Crippen molar-refractivity contribution >= 4 is 11.8 Å². The zero-order valence-electron chi connectivity index (χ0n) is 13.2. The molecule has 124 valence electrons. The summed E-state index contributed by atoms with van der Waals surface area (Å²) in [6.07, 6.45) is 5.64. The molecule has 1 aromatic heterocycles. The molecule has 7 nitrogen and oxygen atoms in total. The number of nitrogens with one attached hydrogen (secondary N) is 2. The van der Waals surface area contributed by atoms with Crippen LogP contribution in [0.2, 0.25) is 0 Å². The number of benzene rings is 1. The lowest BCUT2D eigenvalue weighted by molar-refractivity contribution is -0.123. The van der Waals surface area contributed by atoms with Crippen LogP contribution in [0.4, 0.5) is 0 Å². The Morgan fingerprint density at radius 3 is 3.00 bits per heavy atom. The molecule has 3 rings (SSSR count). The fourth-order valence-electron chi connectivity index (χ4n) is 2.57. The second-order valence-corrected chi connectivity index (χ2v) is 5.65. The van der Waals surface area contributed by atoms with Crippen LogP contribution in [-0.4, -0.2) is 33.9 Å². The third-order valence-electron chi connectivity index (χ3n) is 3.85. The molecule has 2 amide bonds. The molecule has 0 bridgehead atoms. The number of hydrogen-bond donors (Lipinski definition) is 2. The molecule has 2 unspecified atom stereocenters. The first-order valence-corrected chi connectivity index (χ1v) is 7.76. The zero-order chi connectivity index (χ0) is 16.9. The summed E-state index contributed by atoms with van der Waals surface area (Å²) in [4.78, 5) is 31.7. The lowest BCUT2D eigenvalue weighted by Crippen LogP contribution is -2.53. The zero-order valence-corrected chi connectivity index (χ0v) is 13.2. The van der Waals surface area contributed by atoms with Crippen molar-refractivity contribution in [3.63, 3.8) is 0 Å². The molecule has 1 fully saturated rings. The lowest BCUT2D eigenvalue weighted by Gasteiger charge is -2.30. The highest BCUT2D eigenvalue weighted by Crippen LogP contribution is 2.20. The molecular weight excluding hydrogens is 308 g/mol. The quantitative estimate of drug-likeness (QED) is 0.891. The molecule has 2 heterocycles. The molecule has 0 radical (unpaired) electrons. The van der Waals surface area contributed by atoms with Gasteiger partial charge in [0.25, 0.3) is 5.91 Å². The van der Waals surface area contributed by atoms with Crippen LogP contribution in [0.25, 0.3) is 0 Å². The Morgan fingerprint density at radius 2 is 2.25 bits per heavy atom. The third-order valence-corrected chi connectivity index (χ3v) is 3.85. The van der Waals surface area contributed by atoms with Crippen molar-refractivity contribution in [3.8, 4) is 11.6 Å². The lowest BCUT2D eigenvalue weighted by atomic mass is 9.99. The Hall–Kier alpha value is -2.96. The van der Waals surface area contributed by atoms with Gasteiger partial charge < -0.3 is 15.4 Å². The smallest absolute Gasteiger partial charge is 0.251 e. The van der Waals surface area contributed by atoms with Crippen LogP contribution in [0.5, 0.6) is 11.6 Å². The monoisotopic (exact) mass is 326 g/mol. The minimum Gasteiger partial charge on any atom is -0.437 e. The first-order valence-electron chi connectivity index (χ1n) is 7.76. The van der Waals surface area contributed by atoms with Gasteiger partial charge in [0.15, 0.2) is 0 Å². The topological polar surface area (TPSA) is 93.2 Å². The van der Waals surface area contributed by atoms with Gasteiger partial charge in [0.2, 0.25) is 11.8 Å². The average Bonchev–Trinajstić information content (AvgIpc) is 2.58. The van der Waals surface area contributed by atoms with Crippen LogP contribution in [0.3, 0.4) is 0 Å². The van der Waals surface area contributed by atoms with Gasteiger partial charge in [-0.15, -0.1) is 0 Å². The Bertz CT molecular complexity index is 736. The van der Waals surface area contributed by atoms with E-state index in [2.05, 4.69) is 20.6 Å². The van der Waals surface area contributed by atoms with Crippen molar-refractivity contribution in [2.45, 2.75) is 31.8 Å². The molecule has 7 heteroatoms. The van der Waals surface area contributed by atoms with E-state index < -0.39 is 0 Å². The number of carbonyl (C=O) groups is 2. The van der Waals surface area contributed by atoms with Gasteiger partial charge in [-0.1, -0.05) is 6.07 Å². The van der Waals surface area contributed by atoms with Gasteiger partial charge in [-0.05, 0) is 31.5 Å². The van der Waals surface area contributed by atoms with Gasteiger partial charge in [-0.3, -0.25) is 14.6 Å². The predicted molar refractivity (Wildman–Crippen MR) is 86.6 cm³/mol. The highest BCUT2D eigenvalue weighted by Gasteiger charge is 2.26. The Morgan fingerprint density at radius 1 is 1.38 bits per heavy atom. The Balaban J connectivity index is 1.67. The molecule has 1 saturated heterocycles. The maximum atomic E-state index is 12.4. The molecule has 24 heavy (non-hydrogen) atoms. The minimum atomic E-state index is -0.201. The highest BCUT2D eigenvalue weighted by atomic mass is 16.5. The van der Waals surface area contributed by atoms with Gasteiger partial charge in [0.1, 0.15) is 5.75 Å². The summed E-state index contributed by atoms with van der Waals surface area (Å²) in [7, 11) is 0. The molecular formula is C17H18N4O3. The van der Waals surface area contributed by atoms with Gasteiger partial charge in [0, 0.05) is 36.5 Å². The number of nitrogens with zero attached hydrogens (tertiary/aromatic N) is 2. The second-order valence-electron chi connectivity index (χ2n) is 5.65. The number of piperidine rings is 1. The van der Waals surface area contributed by atoms with E-state index in [0.29, 0.717) is 30.0 Å². The summed E-state index contributed by atoms with van der Waals surface area (Å²) in [5, 5.41) is 5.80. The molecule has 0 spiro atoms. The van der Waals surface area contributed by atoms with Gasteiger partial charge in [-0.25, -0.2) is 4.98 Å². The number of ether oxygens (including phenoxy) is 1. The minimum absolute atomic E-state index is 0.0207. The molecule has 2 N–H and O–H groups in total.